The number of nitrogens with zero attached hydrogens (tertiary/aromatic N) is 7. The Labute approximate surface area is 349 Å². The largest absolute Gasteiger partial charge is 0.368 e. The Hall–Kier alpha value is -4.44. The first-order chi connectivity index (χ1) is 28.1. The first-order valence-electron chi connectivity index (χ1n) is 21.0. The minimum atomic E-state index is -2.66. The van der Waals surface area contributed by atoms with Crippen LogP contribution in [0.2, 0.25) is 0 Å². The van der Waals surface area contributed by atoms with Crippen LogP contribution in [0.15, 0.2) is 60.9 Å². The molecule has 0 radical (unpaired) electrons. The molecule has 15 heteroatoms. The minimum Gasteiger partial charge on any atom is -0.368 e. The molecule has 2 N–H and O–H groups in total. The van der Waals surface area contributed by atoms with Gasteiger partial charge in [0.15, 0.2) is 5.82 Å². The molecule has 1 amide bonds. The minimum absolute atomic E-state index is 0.0567. The molecule has 1 saturated heterocycles. The highest BCUT2D eigenvalue weighted by molar-refractivity contribution is 7.61. The number of nitrogens with one attached hydrogen (secondary N) is 2. The third-order valence-electron chi connectivity index (χ3n) is 12.1. The fraction of sp³-hybridized carbons (Fsp3) is 0.500. The Morgan fingerprint density at radius 1 is 0.966 bits per heavy atom. The Balaban J connectivity index is 1.19. The molecule has 1 saturated carbocycles. The van der Waals surface area contributed by atoms with Gasteiger partial charge in [-0.2, -0.15) is 4.98 Å². The van der Waals surface area contributed by atoms with Crippen LogP contribution in [0.1, 0.15) is 81.2 Å². The molecule has 314 valence electrons. The molecule has 3 atom stereocenters. The van der Waals surface area contributed by atoms with Crippen molar-refractivity contribution in [1.82, 2.24) is 15.0 Å². The van der Waals surface area contributed by atoms with Gasteiger partial charge in [0, 0.05) is 75.2 Å². The first-order valence-corrected chi connectivity index (χ1v) is 26.1. The number of benzene rings is 2. The summed E-state index contributed by atoms with van der Waals surface area (Å²) in [4.78, 5) is 36.6. The van der Waals surface area contributed by atoms with E-state index in [0.29, 0.717) is 49.5 Å². The van der Waals surface area contributed by atoms with Crippen LogP contribution in [-0.2, 0) is 24.6 Å². The lowest BCUT2D eigenvalue weighted by molar-refractivity contribution is -0.117. The summed E-state index contributed by atoms with van der Waals surface area (Å²) in [6, 6.07) is 16.7. The van der Waals surface area contributed by atoms with Crippen molar-refractivity contribution in [2.45, 2.75) is 76.7 Å². The summed E-state index contributed by atoms with van der Waals surface area (Å²) in [5.41, 5.74) is 7.64. The average Bonchev–Trinajstić information content (AvgIpc) is 3.85. The lowest BCUT2D eigenvalue weighted by Crippen LogP contribution is -2.47. The Kier molecular flexibility index (Phi) is 11.6. The molecule has 2 aromatic carbocycles. The molecule has 3 aliphatic heterocycles. The van der Waals surface area contributed by atoms with Gasteiger partial charge in [-0.1, -0.05) is 44.9 Å². The van der Waals surface area contributed by atoms with E-state index in [1.165, 1.54) is 0 Å². The second kappa shape index (κ2) is 16.5. The third-order valence-corrected chi connectivity index (χ3v) is 15.0. The van der Waals surface area contributed by atoms with E-state index in [4.69, 9.17) is 19.5 Å². The number of amides is 1. The highest BCUT2D eigenvalue weighted by Crippen LogP contribution is 2.56. The number of anilines is 8. The van der Waals surface area contributed by atoms with E-state index in [2.05, 4.69) is 70.5 Å². The molecular formula is C44H59N9O4P2. The van der Waals surface area contributed by atoms with E-state index in [-0.39, 0.29) is 24.1 Å². The number of pyridine rings is 1. The second-order valence-corrected chi connectivity index (χ2v) is 24.1. The first kappa shape index (κ1) is 41.3. The van der Waals surface area contributed by atoms with Gasteiger partial charge in [-0.25, -0.2) is 9.97 Å². The zero-order valence-electron chi connectivity index (χ0n) is 35.5. The van der Waals surface area contributed by atoms with Gasteiger partial charge in [-0.15, -0.1) is 0 Å². The van der Waals surface area contributed by atoms with Gasteiger partial charge in [0.1, 0.15) is 5.82 Å². The molecule has 2 aromatic heterocycles. The number of fused-ring (bicyclic) bond motifs is 2. The molecule has 0 spiro atoms. The SMILES string of the molecule is CC(C)CCN1CC(=O)N(C)c2cnc(Nc3ccc(C4CCP(C)(=O)O4)cc3C3CN(C)c4cnc(Nc5cccc(CP(C)(C)=O)c5)nc4N3C3CCCC3)cc21. The summed E-state index contributed by atoms with van der Waals surface area (Å²) in [6.45, 7) is 11.6. The van der Waals surface area contributed by atoms with Gasteiger partial charge in [0.25, 0.3) is 0 Å². The molecule has 2 fully saturated rings. The zero-order chi connectivity index (χ0) is 41.6. The number of likely N-dealkylation sites (N-methyl/N-ethyl adjacent to an activating group) is 2. The normalized spacial score (nSPS) is 22.3. The van der Waals surface area contributed by atoms with Crippen molar-refractivity contribution in [1.29, 1.82) is 0 Å². The Bertz CT molecular complexity index is 2310. The van der Waals surface area contributed by atoms with Crippen LogP contribution in [0.25, 0.3) is 0 Å². The average molecular weight is 840 g/mol. The summed E-state index contributed by atoms with van der Waals surface area (Å²) < 4.78 is 31.9. The third kappa shape index (κ3) is 9.18. The zero-order valence-corrected chi connectivity index (χ0v) is 37.3. The van der Waals surface area contributed by atoms with Crippen molar-refractivity contribution >= 4 is 66.4 Å². The molecule has 13 nitrogen and oxygen atoms in total. The predicted octanol–water partition coefficient (Wildman–Crippen LogP) is 9.62. The van der Waals surface area contributed by atoms with Crippen molar-refractivity contribution in [3.63, 3.8) is 0 Å². The van der Waals surface area contributed by atoms with Crippen LogP contribution in [0.3, 0.4) is 0 Å². The molecule has 8 rings (SSSR count). The fourth-order valence-electron chi connectivity index (χ4n) is 9.04. The van der Waals surface area contributed by atoms with Gasteiger partial charge >= 0.3 is 0 Å². The number of carbonyl (C=O) groups is 1. The van der Waals surface area contributed by atoms with Gasteiger partial charge < -0.3 is 39.3 Å². The van der Waals surface area contributed by atoms with Crippen molar-refractivity contribution in [2.24, 2.45) is 5.92 Å². The lowest BCUT2D eigenvalue weighted by atomic mass is 9.94. The highest BCUT2D eigenvalue weighted by Gasteiger charge is 2.40. The van der Waals surface area contributed by atoms with E-state index in [0.717, 1.165) is 89.6 Å². The van der Waals surface area contributed by atoms with Gasteiger partial charge in [-0.05, 0) is 80.3 Å². The number of aromatic nitrogens is 3. The summed E-state index contributed by atoms with van der Waals surface area (Å²) >= 11 is 0. The maximum absolute atomic E-state index is 13.1. The molecule has 4 aromatic rings. The van der Waals surface area contributed by atoms with E-state index >= 15 is 0 Å². The van der Waals surface area contributed by atoms with Crippen molar-refractivity contribution in [3.05, 3.63) is 77.6 Å². The summed E-state index contributed by atoms with van der Waals surface area (Å²) in [6.07, 6.45) is 10.7. The number of hydrogen-bond donors (Lipinski definition) is 2. The summed E-state index contributed by atoms with van der Waals surface area (Å²) in [7, 11) is -0.994. The van der Waals surface area contributed by atoms with E-state index < -0.39 is 14.5 Å². The van der Waals surface area contributed by atoms with Crippen LogP contribution < -0.4 is 30.2 Å². The topological polar surface area (TPSA) is 136 Å². The van der Waals surface area contributed by atoms with Crippen LogP contribution in [0, 0.1) is 5.92 Å². The van der Waals surface area contributed by atoms with Crippen molar-refractivity contribution < 1.29 is 18.4 Å². The molecule has 3 unspecified atom stereocenters. The monoisotopic (exact) mass is 839 g/mol. The number of rotatable bonds is 12. The van der Waals surface area contributed by atoms with Gasteiger partial charge in [0.2, 0.25) is 19.2 Å². The molecule has 4 aliphatic rings. The van der Waals surface area contributed by atoms with Crippen LogP contribution in [0.4, 0.5) is 46.0 Å². The van der Waals surface area contributed by atoms with E-state index in [1.54, 1.807) is 17.8 Å². The van der Waals surface area contributed by atoms with Crippen LogP contribution in [0.5, 0.6) is 0 Å². The van der Waals surface area contributed by atoms with Crippen molar-refractivity contribution in [3.8, 4) is 0 Å². The maximum atomic E-state index is 13.1. The molecule has 1 aliphatic carbocycles. The smallest absolute Gasteiger partial charge is 0.246 e. The lowest BCUT2D eigenvalue weighted by Gasteiger charge is -2.46. The highest BCUT2D eigenvalue weighted by atomic mass is 31.2. The van der Waals surface area contributed by atoms with E-state index in [1.807, 2.05) is 50.8 Å². The fourth-order valence-corrected chi connectivity index (χ4v) is 11.7. The van der Waals surface area contributed by atoms with Crippen LogP contribution >= 0.6 is 14.5 Å². The molecular weight excluding hydrogens is 780 g/mol. The molecule has 59 heavy (non-hydrogen) atoms. The van der Waals surface area contributed by atoms with E-state index in [9.17, 15) is 13.9 Å². The molecule has 5 heterocycles. The van der Waals surface area contributed by atoms with Crippen LogP contribution in [-0.4, -0.2) is 86.8 Å². The van der Waals surface area contributed by atoms with Gasteiger partial charge in [0.05, 0.1) is 55.3 Å². The molecule has 0 bridgehead atoms. The van der Waals surface area contributed by atoms with Gasteiger partial charge in [-0.3, -0.25) is 9.36 Å². The predicted molar refractivity (Wildman–Crippen MR) is 242 cm³/mol. The number of carbonyl (C=O) groups excluding carboxylic acids is 1. The second-order valence-electron chi connectivity index (χ2n) is 17.9. The standard InChI is InChI=1S/C44H59N9O4P2/c1-29(2)17-19-52-27-42(54)51(4)37-24-45-41(23-36(37)52)48-35-16-15-31(40-18-20-59(7,56)57-40)22-34(35)39-26-50(3)38-25-46-44(49-43(38)53(39)33-13-8-9-14-33)47-32-12-10-11-30(21-32)28-58(5,6)55/h10-12,15-16,21-25,29,33,39-40H,8-9,13-14,17-20,26-28H2,1-7H3,(H,45,48)(H,46,47,49). The van der Waals surface area contributed by atoms with Crippen molar-refractivity contribution in [2.75, 3.05) is 90.1 Å². The summed E-state index contributed by atoms with van der Waals surface area (Å²) in [5.74, 6) is 2.64. The Morgan fingerprint density at radius 3 is 2.47 bits per heavy atom. The maximum Gasteiger partial charge on any atom is 0.246 e. The Morgan fingerprint density at radius 2 is 1.75 bits per heavy atom. The quantitative estimate of drug-likeness (QED) is 0.132. The number of hydrogen-bond acceptors (Lipinski definition) is 12. The summed E-state index contributed by atoms with van der Waals surface area (Å²) in [5, 5.41) is 7.19.